The lowest BCUT2D eigenvalue weighted by atomic mass is 10.2. The molecular formula is C13H6BrF3N2. The average molecular weight is 327 g/mol. The molecule has 0 heterocycles. The summed E-state index contributed by atoms with van der Waals surface area (Å²) >= 11 is 3.22. The van der Waals surface area contributed by atoms with Gasteiger partial charge in [-0.05, 0) is 18.2 Å². The molecule has 2 aromatic rings. The fraction of sp³-hybridized carbons (Fsp3) is 0. The second kappa shape index (κ2) is 5.33. The number of nitrogens with one attached hydrogen (secondary N) is 1. The number of hydrogen-bond donors (Lipinski definition) is 1. The minimum absolute atomic E-state index is 0.0194. The molecule has 2 rings (SSSR count). The van der Waals surface area contributed by atoms with Crippen molar-refractivity contribution >= 4 is 27.3 Å². The largest absolute Gasteiger partial charge is 0.354 e. The lowest BCUT2D eigenvalue weighted by molar-refractivity contribution is 0.448. The first-order valence-corrected chi connectivity index (χ1v) is 5.92. The van der Waals surface area contributed by atoms with Crippen molar-refractivity contribution in [2.45, 2.75) is 0 Å². The molecule has 0 aliphatic rings. The summed E-state index contributed by atoms with van der Waals surface area (Å²) in [5.41, 5.74) is 0.682. The molecular weight excluding hydrogens is 321 g/mol. The number of anilines is 2. The van der Waals surface area contributed by atoms with E-state index in [4.69, 9.17) is 5.26 Å². The van der Waals surface area contributed by atoms with Gasteiger partial charge in [0.2, 0.25) is 0 Å². The predicted octanol–water partition coefficient (Wildman–Crippen LogP) is 4.48. The first kappa shape index (κ1) is 13.4. The van der Waals surface area contributed by atoms with E-state index in [0.717, 1.165) is 12.1 Å². The fourth-order valence-corrected chi connectivity index (χ4v) is 1.86. The van der Waals surface area contributed by atoms with Crippen LogP contribution in [0.3, 0.4) is 0 Å². The summed E-state index contributed by atoms with van der Waals surface area (Å²) in [5, 5.41) is 11.6. The Bertz CT molecular complexity index is 657. The number of nitriles is 1. The topological polar surface area (TPSA) is 35.8 Å². The van der Waals surface area contributed by atoms with Crippen molar-refractivity contribution < 1.29 is 13.2 Å². The second-order valence-electron chi connectivity index (χ2n) is 3.68. The summed E-state index contributed by atoms with van der Waals surface area (Å²) in [6.07, 6.45) is 0. The Labute approximate surface area is 115 Å². The molecule has 0 aliphatic carbocycles. The molecule has 6 heteroatoms. The van der Waals surface area contributed by atoms with E-state index in [9.17, 15) is 13.2 Å². The minimum Gasteiger partial charge on any atom is -0.354 e. The highest BCUT2D eigenvalue weighted by Crippen LogP contribution is 2.26. The van der Waals surface area contributed by atoms with Crippen LogP contribution in [0, 0.1) is 28.8 Å². The number of nitrogens with zero attached hydrogens (tertiary/aromatic N) is 1. The van der Waals surface area contributed by atoms with E-state index in [1.54, 1.807) is 18.2 Å². The van der Waals surface area contributed by atoms with Gasteiger partial charge in [-0.25, -0.2) is 13.2 Å². The van der Waals surface area contributed by atoms with E-state index in [-0.39, 0.29) is 5.69 Å². The molecule has 0 unspecified atom stereocenters. The van der Waals surface area contributed by atoms with Gasteiger partial charge >= 0.3 is 0 Å². The Hall–Kier alpha value is -2.00. The standard InChI is InChI=1S/C13H6BrF3N2/c14-8-2-1-7(6-18)12(3-8)19-9-4-10(15)13(17)11(16)5-9/h1-5,19H. The van der Waals surface area contributed by atoms with Crippen LogP contribution in [-0.4, -0.2) is 0 Å². The van der Waals surface area contributed by atoms with Gasteiger partial charge in [-0.15, -0.1) is 0 Å². The molecule has 0 amide bonds. The monoisotopic (exact) mass is 326 g/mol. The molecule has 1 N–H and O–H groups in total. The molecule has 0 atom stereocenters. The van der Waals surface area contributed by atoms with Crippen LogP contribution in [-0.2, 0) is 0 Å². The normalized spacial score (nSPS) is 10.1. The van der Waals surface area contributed by atoms with Gasteiger partial charge < -0.3 is 5.32 Å². The zero-order valence-corrected chi connectivity index (χ0v) is 10.9. The van der Waals surface area contributed by atoms with Crippen molar-refractivity contribution in [1.82, 2.24) is 0 Å². The molecule has 0 aliphatic heterocycles. The lowest BCUT2D eigenvalue weighted by Crippen LogP contribution is -1.98. The molecule has 0 bridgehead atoms. The van der Waals surface area contributed by atoms with E-state index < -0.39 is 17.5 Å². The lowest BCUT2D eigenvalue weighted by Gasteiger charge is -2.09. The van der Waals surface area contributed by atoms with Crippen LogP contribution in [0.1, 0.15) is 5.56 Å². The molecule has 0 fully saturated rings. The van der Waals surface area contributed by atoms with Gasteiger partial charge in [0.1, 0.15) is 6.07 Å². The molecule has 0 spiro atoms. The van der Waals surface area contributed by atoms with Crippen LogP contribution in [0.5, 0.6) is 0 Å². The van der Waals surface area contributed by atoms with Gasteiger partial charge in [0.25, 0.3) is 0 Å². The summed E-state index contributed by atoms with van der Waals surface area (Å²) in [6.45, 7) is 0. The highest BCUT2D eigenvalue weighted by atomic mass is 79.9. The van der Waals surface area contributed by atoms with Crippen LogP contribution in [0.25, 0.3) is 0 Å². The molecule has 2 aromatic carbocycles. The van der Waals surface area contributed by atoms with Crippen LogP contribution in [0.4, 0.5) is 24.5 Å². The Kier molecular flexibility index (Phi) is 3.76. The zero-order chi connectivity index (χ0) is 14.0. The maximum Gasteiger partial charge on any atom is 0.194 e. The third-order valence-electron chi connectivity index (χ3n) is 2.36. The molecule has 0 radical (unpaired) electrons. The van der Waals surface area contributed by atoms with Crippen LogP contribution >= 0.6 is 15.9 Å². The van der Waals surface area contributed by atoms with Gasteiger partial charge in [0.15, 0.2) is 17.5 Å². The van der Waals surface area contributed by atoms with Crippen molar-refractivity contribution in [3.05, 3.63) is 57.8 Å². The number of halogens is 4. The van der Waals surface area contributed by atoms with Crippen LogP contribution in [0.2, 0.25) is 0 Å². The van der Waals surface area contributed by atoms with E-state index in [0.29, 0.717) is 15.7 Å². The molecule has 0 saturated heterocycles. The molecule has 19 heavy (non-hydrogen) atoms. The van der Waals surface area contributed by atoms with Gasteiger partial charge in [0.05, 0.1) is 11.3 Å². The summed E-state index contributed by atoms with van der Waals surface area (Å²) in [5.74, 6) is -4.12. The first-order valence-electron chi connectivity index (χ1n) is 5.12. The van der Waals surface area contributed by atoms with Crippen LogP contribution in [0.15, 0.2) is 34.8 Å². The Morgan fingerprint density at radius 2 is 1.68 bits per heavy atom. The van der Waals surface area contributed by atoms with Gasteiger partial charge in [-0.1, -0.05) is 15.9 Å². The Morgan fingerprint density at radius 1 is 1.05 bits per heavy atom. The van der Waals surface area contributed by atoms with Crippen molar-refractivity contribution in [3.63, 3.8) is 0 Å². The molecule has 96 valence electrons. The third-order valence-corrected chi connectivity index (χ3v) is 2.86. The van der Waals surface area contributed by atoms with E-state index >= 15 is 0 Å². The molecule has 2 nitrogen and oxygen atoms in total. The number of hydrogen-bond acceptors (Lipinski definition) is 2. The number of rotatable bonds is 2. The van der Waals surface area contributed by atoms with E-state index in [2.05, 4.69) is 21.2 Å². The highest BCUT2D eigenvalue weighted by Gasteiger charge is 2.11. The Morgan fingerprint density at radius 3 is 2.26 bits per heavy atom. The summed E-state index contributed by atoms with van der Waals surface area (Å²) < 4.78 is 39.7. The van der Waals surface area contributed by atoms with Crippen molar-refractivity contribution in [2.24, 2.45) is 0 Å². The Balaban J connectivity index is 2.42. The fourth-order valence-electron chi connectivity index (χ4n) is 1.50. The van der Waals surface area contributed by atoms with Gasteiger partial charge in [-0.2, -0.15) is 5.26 Å². The summed E-state index contributed by atoms with van der Waals surface area (Å²) in [6, 6.07) is 8.37. The minimum atomic E-state index is -1.53. The predicted molar refractivity (Wildman–Crippen MR) is 68.5 cm³/mol. The number of benzene rings is 2. The molecule has 0 saturated carbocycles. The first-order chi connectivity index (χ1) is 9.01. The van der Waals surface area contributed by atoms with Crippen molar-refractivity contribution in [3.8, 4) is 6.07 Å². The van der Waals surface area contributed by atoms with Crippen molar-refractivity contribution in [2.75, 3.05) is 5.32 Å². The molecule has 0 aromatic heterocycles. The SMILES string of the molecule is N#Cc1ccc(Br)cc1Nc1cc(F)c(F)c(F)c1. The third kappa shape index (κ3) is 2.88. The van der Waals surface area contributed by atoms with E-state index in [1.165, 1.54) is 0 Å². The van der Waals surface area contributed by atoms with Crippen molar-refractivity contribution in [1.29, 1.82) is 5.26 Å². The smallest absolute Gasteiger partial charge is 0.194 e. The second-order valence-corrected chi connectivity index (χ2v) is 4.60. The maximum atomic E-state index is 13.1. The maximum absolute atomic E-state index is 13.1. The van der Waals surface area contributed by atoms with Gasteiger partial charge in [-0.3, -0.25) is 0 Å². The highest BCUT2D eigenvalue weighted by molar-refractivity contribution is 9.10. The van der Waals surface area contributed by atoms with E-state index in [1.807, 2.05) is 6.07 Å². The van der Waals surface area contributed by atoms with Crippen LogP contribution < -0.4 is 5.32 Å². The average Bonchev–Trinajstić information content (AvgIpc) is 2.36. The summed E-state index contributed by atoms with van der Waals surface area (Å²) in [7, 11) is 0. The zero-order valence-electron chi connectivity index (χ0n) is 9.35. The van der Waals surface area contributed by atoms with Gasteiger partial charge in [0, 0.05) is 22.3 Å². The quantitative estimate of drug-likeness (QED) is 0.826. The summed E-state index contributed by atoms with van der Waals surface area (Å²) in [4.78, 5) is 0.